The Kier molecular flexibility index (Phi) is 20.6. The van der Waals surface area contributed by atoms with E-state index >= 15 is 0 Å². The molecule has 1 aromatic heterocycles. The van der Waals surface area contributed by atoms with Gasteiger partial charge in [0.2, 0.25) is 5.91 Å². The number of alkyl carbamates (subject to hydrolysis) is 1. The molecule has 10 nitrogen and oxygen atoms in total. The molecule has 2 N–H and O–H groups in total. The van der Waals surface area contributed by atoms with Gasteiger partial charge in [-0.25, -0.2) is 14.5 Å². The number of aromatic nitrogens is 1. The van der Waals surface area contributed by atoms with Crippen LogP contribution < -0.4 is 10.6 Å². The minimum atomic E-state index is -0.747. The number of Topliss-reactive ketones (excluding diaryl/α,β-unsaturated/α-hetero) is 1. The second kappa shape index (κ2) is 24.3. The number of ketones is 1. The van der Waals surface area contributed by atoms with Gasteiger partial charge >= 0.3 is 12.2 Å². The standard InChI is InChI=1S/C35H58N4O6/c1-3-4-5-6-7-8-9-10-11-12-13-14-15-16-17-19-24-37-34(42)44-25-22-33(41)32-26-31(38-32)28-45-35(43)39(29(2)40)27-30-21-18-20-23-36-30/h18,20-21,23,31-32,38H,3-17,19,22,24-28H2,1-2H3,(H,37,42). The molecule has 1 saturated heterocycles. The molecule has 1 aliphatic rings. The van der Waals surface area contributed by atoms with Gasteiger partial charge in [-0.15, -0.1) is 0 Å². The molecule has 254 valence electrons. The summed E-state index contributed by atoms with van der Waals surface area (Å²) in [4.78, 5) is 53.7. The van der Waals surface area contributed by atoms with Crippen molar-refractivity contribution in [1.29, 1.82) is 0 Å². The van der Waals surface area contributed by atoms with Crippen LogP contribution in [-0.4, -0.2) is 65.6 Å². The van der Waals surface area contributed by atoms with Crippen molar-refractivity contribution in [2.75, 3.05) is 19.8 Å². The summed E-state index contributed by atoms with van der Waals surface area (Å²) in [5.41, 5.74) is 0.577. The van der Waals surface area contributed by atoms with E-state index in [1.807, 2.05) is 0 Å². The zero-order valence-corrected chi connectivity index (χ0v) is 27.9. The van der Waals surface area contributed by atoms with Gasteiger partial charge in [-0.05, 0) is 25.0 Å². The van der Waals surface area contributed by atoms with Gasteiger partial charge in [0, 0.05) is 32.1 Å². The minimum Gasteiger partial charge on any atom is -0.449 e. The van der Waals surface area contributed by atoms with Crippen LogP contribution >= 0.6 is 0 Å². The molecule has 3 amide bonds. The highest BCUT2D eigenvalue weighted by Gasteiger charge is 2.34. The van der Waals surface area contributed by atoms with Crippen molar-refractivity contribution in [3.8, 4) is 0 Å². The smallest absolute Gasteiger partial charge is 0.416 e. The fraction of sp³-hybridized carbons (Fsp3) is 0.743. The Hall–Kier alpha value is -3.01. The third kappa shape index (κ3) is 17.9. The zero-order valence-electron chi connectivity index (χ0n) is 27.9. The maximum Gasteiger partial charge on any atom is 0.416 e. The van der Waals surface area contributed by atoms with Crippen LogP contribution in [0.3, 0.4) is 0 Å². The van der Waals surface area contributed by atoms with Gasteiger partial charge in [-0.2, -0.15) is 0 Å². The second-order valence-electron chi connectivity index (χ2n) is 12.2. The van der Waals surface area contributed by atoms with Gasteiger partial charge in [-0.3, -0.25) is 14.6 Å². The van der Waals surface area contributed by atoms with E-state index in [1.54, 1.807) is 24.4 Å². The van der Waals surface area contributed by atoms with Crippen LogP contribution in [0.25, 0.3) is 0 Å². The number of unbranched alkanes of at least 4 members (excludes halogenated alkanes) is 15. The maximum atomic E-state index is 12.4. The number of carbonyl (C=O) groups excluding carboxylic acids is 4. The van der Waals surface area contributed by atoms with Crippen molar-refractivity contribution in [2.45, 2.75) is 148 Å². The van der Waals surface area contributed by atoms with Crippen molar-refractivity contribution in [3.05, 3.63) is 30.1 Å². The second-order valence-corrected chi connectivity index (χ2v) is 12.2. The molecule has 0 aliphatic carbocycles. The molecule has 2 atom stereocenters. The molecule has 0 radical (unpaired) electrons. The molecule has 1 aliphatic heterocycles. The van der Waals surface area contributed by atoms with Crippen LogP contribution in [-0.2, 0) is 25.6 Å². The Morgan fingerprint density at radius 1 is 0.867 bits per heavy atom. The molecule has 1 aromatic rings. The largest absolute Gasteiger partial charge is 0.449 e. The van der Waals surface area contributed by atoms with Crippen LogP contribution in [0.4, 0.5) is 9.59 Å². The molecule has 0 bridgehead atoms. The number of hydrogen-bond acceptors (Lipinski definition) is 8. The van der Waals surface area contributed by atoms with E-state index in [9.17, 15) is 19.2 Å². The quantitative estimate of drug-likeness (QED) is 0.108. The van der Waals surface area contributed by atoms with E-state index in [0.29, 0.717) is 18.7 Å². The van der Waals surface area contributed by atoms with Crippen molar-refractivity contribution in [2.24, 2.45) is 0 Å². The van der Waals surface area contributed by atoms with E-state index in [4.69, 9.17) is 9.47 Å². The van der Waals surface area contributed by atoms with E-state index in [0.717, 1.165) is 17.7 Å². The average molecular weight is 631 g/mol. The fourth-order valence-electron chi connectivity index (χ4n) is 5.43. The van der Waals surface area contributed by atoms with Crippen LogP contribution in [0.5, 0.6) is 0 Å². The SMILES string of the molecule is CCCCCCCCCCCCCCCCCCNC(=O)OCCC(=O)C1CC(COC(=O)N(Cc2ccccn2)C(C)=O)N1. The Labute approximate surface area is 270 Å². The summed E-state index contributed by atoms with van der Waals surface area (Å²) in [7, 11) is 0. The normalized spacial score (nSPS) is 15.6. The first-order chi connectivity index (χ1) is 21.9. The number of rotatable bonds is 25. The molecule has 2 heterocycles. The molecule has 0 spiro atoms. The molecule has 1 fully saturated rings. The Balaban J connectivity index is 1.37. The molecule has 45 heavy (non-hydrogen) atoms. The topological polar surface area (TPSA) is 127 Å². The summed E-state index contributed by atoms with van der Waals surface area (Å²) in [6.45, 7) is 4.25. The number of pyridine rings is 1. The molecule has 2 rings (SSSR count). The lowest BCUT2D eigenvalue weighted by Gasteiger charge is -2.36. The lowest BCUT2D eigenvalue weighted by atomic mass is 9.93. The highest BCUT2D eigenvalue weighted by molar-refractivity contribution is 5.90. The molecule has 0 saturated carbocycles. The zero-order chi connectivity index (χ0) is 32.5. The first-order valence-electron chi connectivity index (χ1n) is 17.4. The lowest BCUT2D eigenvalue weighted by Crippen LogP contribution is -2.58. The number of hydrogen-bond donors (Lipinski definition) is 2. The summed E-state index contributed by atoms with van der Waals surface area (Å²) in [6.07, 6.45) is 21.9. The highest BCUT2D eigenvalue weighted by Crippen LogP contribution is 2.16. The molecular weight excluding hydrogens is 572 g/mol. The third-order valence-corrected chi connectivity index (χ3v) is 8.28. The van der Waals surface area contributed by atoms with Crippen molar-refractivity contribution < 1.29 is 28.7 Å². The fourth-order valence-corrected chi connectivity index (χ4v) is 5.43. The van der Waals surface area contributed by atoms with Gasteiger partial charge < -0.3 is 20.1 Å². The summed E-state index contributed by atoms with van der Waals surface area (Å²) in [5.74, 6) is -0.488. The monoisotopic (exact) mass is 630 g/mol. The Morgan fingerprint density at radius 3 is 1.98 bits per heavy atom. The van der Waals surface area contributed by atoms with E-state index < -0.39 is 18.1 Å². The Bertz CT molecular complexity index is 970. The third-order valence-electron chi connectivity index (χ3n) is 8.28. The van der Waals surface area contributed by atoms with Gasteiger partial charge in [-0.1, -0.05) is 109 Å². The minimum absolute atomic E-state index is 0.0291. The lowest BCUT2D eigenvalue weighted by molar-refractivity contribution is -0.127. The number of amides is 3. The predicted molar refractivity (Wildman–Crippen MR) is 176 cm³/mol. The molecule has 2 unspecified atom stereocenters. The van der Waals surface area contributed by atoms with E-state index in [1.165, 1.54) is 96.8 Å². The van der Waals surface area contributed by atoms with Crippen LogP contribution in [0.15, 0.2) is 24.4 Å². The average Bonchev–Trinajstić information content (AvgIpc) is 3.00. The summed E-state index contributed by atoms with van der Waals surface area (Å²) in [6, 6.07) is 4.73. The highest BCUT2D eigenvalue weighted by atomic mass is 16.6. The van der Waals surface area contributed by atoms with Crippen LogP contribution in [0.1, 0.15) is 135 Å². The number of carbonyl (C=O) groups is 4. The van der Waals surface area contributed by atoms with Crippen molar-refractivity contribution >= 4 is 23.9 Å². The number of nitrogens with one attached hydrogen (secondary N) is 2. The van der Waals surface area contributed by atoms with Gasteiger partial charge in [0.15, 0.2) is 5.78 Å². The molecule has 0 aromatic carbocycles. The van der Waals surface area contributed by atoms with Crippen LogP contribution in [0.2, 0.25) is 0 Å². The van der Waals surface area contributed by atoms with Crippen LogP contribution in [0, 0.1) is 0 Å². The molecular formula is C35H58N4O6. The molecule has 10 heteroatoms. The summed E-state index contributed by atoms with van der Waals surface area (Å²) >= 11 is 0. The maximum absolute atomic E-state index is 12.4. The Morgan fingerprint density at radius 2 is 1.44 bits per heavy atom. The summed E-state index contributed by atoms with van der Waals surface area (Å²) in [5, 5.41) is 5.84. The van der Waals surface area contributed by atoms with Gasteiger partial charge in [0.25, 0.3) is 0 Å². The predicted octanol–water partition coefficient (Wildman–Crippen LogP) is 7.24. The number of nitrogens with zero attached hydrogens (tertiary/aromatic N) is 2. The van der Waals surface area contributed by atoms with Gasteiger partial charge in [0.1, 0.15) is 13.2 Å². The number of imide groups is 1. The van der Waals surface area contributed by atoms with Crippen molar-refractivity contribution in [3.63, 3.8) is 0 Å². The number of ether oxygens (including phenoxy) is 2. The van der Waals surface area contributed by atoms with E-state index in [-0.39, 0.29) is 44.0 Å². The van der Waals surface area contributed by atoms with Gasteiger partial charge in [0.05, 0.1) is 18.3 Å². The first kappa shape index (κ1) is 38.2. The van der Waals surface area contributed by atoms with Crippen molar-refractivity contribution in [1.82, 2.24) is 20.5 Å². The first-order valence-corrected chi connectivity index (χ1v) is 17.4. The van der Waals surface area contributed by atoms with E-state index in [2.05, 4.69) is 22.5 Å². The summed E-state index contributed by atoms with van der Waals surface area (Å²) < 4.78 is 10.4.